The van der Waals surface area contributed by atoms with E-state index in [0.717, 1.165) is 48.2 Å². The van der Waals surface area contributed by atoms with E-state index in [1.165, 1.54) is 5.56 Å². The lowest BCUT2D eigenvalue weighted by Crippen LogP contribution is -2.37. The normalized spacial score (nSPS) is 12.3. The van der Waals surface area contributed by atoms with Crippen LogP contribution in [0.5, 0.6) is 17.2 Å². The standard InChI is InChI=1S/C21H27N3O3.HI/c1-16-5-8-18(9-6-16)25-12-4-3-11-23-21(22-2)24-14-17-7-10-19-20(13-17)27-15-26-19;/h5-10,13H,3-4,11-12,14-15H2,1-2H3,(H2,22,23,24);1H. The number of aliphatic imine (C=N–C) groups is 1. The third-order valence-electron chi connectivity index (χ3n) is 4.27. The van der Waals surface area contributed by atoms with Crippen molar-refractivity contribution in [2.24, 2.45) is 4.99 Å². The molecule has 7 heteroatoms. The smallest absolute Gasteiger partial charge is 0.231 e. The SMILES string of the molecule is CN=C(NCCCCOc1ccc(C)cc1)NCc1ccc2c(c1)OCO2.I. The largest absolute Gasteiger partial charge is 0.494 e. The number of nitrogens with one attached hydrogen (secondary N) is 2. The van der Waals surface area contributed by atoms with Gasteiger partial charge >= 0.3 is 0 Å². The monoisotopic (exact) mass is 497 g/mol. The van der Waals surface area contributed by atoms with Crippen LogP contribution in [0, 0.1) is 6.92 Å². The van der Waals surface area contributed by atoms with Crippen molar-refractivity contribution in [3.05, 3.63) is 53.6 Å². The Morgan fingerprint density at radius 2 is 1.82 bits per heavy atom. The predicted molar refractivity (Wildman–Crippen MR) is 122 cm³/mol. The van der Waals surface area contributed by atoms with Crippen LogP contribution in [-0.2, 0) is 6.54 Å². The molecule has 0 aliphatic carbocycles. The summed E-state index contributed by atoms with van der Waals surface area (Å²) in [6.45, 7) is 4.60. The van der Waals surface area contributed by atoms with Crippen molar-refractivity contribution in [2.45, 2.75) is 26.3 Å². The Morgan fingerprint density at radius 3 is 2.61 bits per heavy atom. The molecule has 0 saturated heterocycles. The first-order valence-electron chi connectivity index (χ1n) is 9.27. The summed E-state index contributed by atoms with van der Waals surface area (Å²) in [5.74, 6) is 3.31. The minimum atomic E-state index is 0. The summed E-state index contributed by atoms with van der Waals surface area (Å²) in [6.07, 6.45) is 2.00. The van der Waals surface area contributed by atoms with Crippen LogP contribution in [0.1, 0.15) is 24.0 Å². The average molecular weight is 497 g/mol. The van der Waals surface area contributed by atoms with Gasteiger partial charge < -0.3 is 24.8 Å². The molecule has 0 unspecified atom stereocenters. The first-order chi connectivity index (χ1) is 13.2. The highest BCUT2D eigenvalue weighted by Gasteiger charge is 2.13. The van der Waals surface area contributed by atoms with E-state index in [0.29, 0.717) is 19.9 Å². The van der Waals surface area contributed by atoms with Crippen molar-refractivity contribution >= 4 is 29.9 Å². The lowest BCUT2D eigenvalue weighted by Gasteiger charge is -2.12. The number of rotatable bonds is 8. The summed E-state index contributed by atoms with van der Waals surface area (Å²) >= 11 is 0. The van der Waals surface area contributed by atoms with E-state index in [9.17, 15) is 0 Å². The van der Waals surface area contributed by atoms with Crippen molar-refractivity contribution < 1.29 is 14.2 Å². The van der Waals surface area contributed by atoms with Gasteiger partial charge in [-0.1, -0.05) is 23.8 Å². The third-order valence-corrected chi connectivity index (χ3v) is 4.27. The molecule has 0 aromatic heterocycles. The average Bonchev–Trinajstić information content (AvgIpc) is 3.16. The van der Waals surface area contributed by atoms with E-state index in [1.807, 2.05) is 30.3 Å². The maximum absolute atomic E-state index is 5.74. The summed E-state index contributed by atoms with van der Waals surface area (Å²) in [6, 6.07) is 14.1. The molecular formula is C21H28IN3O3. The van der Waals surface area contributed by atoms with Crippen LogP contribution < -0.4 is 24.8 Å². The molecule has 152 valence electrons. The van der Waals surface area contributed by atoms with Gasteiger partial charge in [0, 0.05) is 20.1 Å². The fraction of sp³-hybridized carbons (Fsp3) is 0.381. The molecular weight excluding hydrogens is 469 g/mol. The van der Waals surface area contributed by atoms with Gasteiger partial charge in [0.05, 0.1) is 6.61 Å². The number of hydrogen-bond acceptors (Lipinski definition) is 4. The van der Waals surface area contributed by atoms with Crippen LogP contribution in [0.25, 0.3) is 0 Å². The second-order valence-corrected chi connectivity index (χ2v) is 6.41. The molecule has 0 amide bonds. The van der Waals surface area contributed by atoms with Gasteiger partial charge in [0.1, 0.15) is 5.75 Å². The molecule has 1 heterocycles. The molecule has 2 N–H and O–H groups in total. The van der Waals surface area contributed by atoms with E-state index in [2.05, 4.69) is 34.7 Å². The summed E-state index contributed by atoms with van der Waals surface area (Å²) in [4.78, 5) is 4.26. The molecule has 0 fully saturated rings. The summed E-state index contributed by atoms with van der Waals surface area (Å²) in [5, 5.41) is 6.64. The highest BCUT2D eigenvalue weighted by molar-refractivity contribution is 14.0. The maximum atomic E-state index is 5.74. The van der Waals surface area contributed by atoms with E-state index < -0.39 is 0 Å². The second kappa shape index (κ2) is 11.6. The molecule has 0 bridgehead atoms. The van der Waals surface area contributed by atoms with Gasteiger partial charge in [0.2, 0.25) is 6.79 Å². The Bertz CT molecular complexity index is 766. The molecule has 2 aromatic rings. The van der Waals surface area contributed by atoms with E-state index in [4.69, 9.17) is 14.2 Å². The second-order valence-electron chi connectivity index (χ2n) is 6.41. The topological polar surface area (TPSA) is 64.1 Å². The Labute approximate surface area is 183 Å². The number of benzene rings is 2. The number of halogens is 1. The van der Waals surface area contributed by atoms with Crippen molar-refractivity contribution in [2.75, 3.05) is 27.0 Å². The number of hydrogen-bond donors (Lipinski definition) is 2. The molecule has 1 aliphatic rings. The molecule has 28 heavy (non-hydrogen) atoms. The van der Waals surface area contributed by atoms with Gasteiger partial charge in [-0.05, 0) is 49.6 Å². The van der Waals surface area contributed by atoms with Crippen LogP contribution in [0.3, 0.4) is 0 Å². The molecule has 0 spiro atoms. The van der Waals surface area contributed by atoms with Crippen molar-refractivity contribution in [3.8, 4) is 17.2 Å². The zero-order valence-electron chi connectivity index (χ0n) is 16.4. The Balaban J connectivity index is 0.00000280. The summed E-state index contributed by atoms with van der Waals surface area (Å²) in [5.41, 5.74) is 2.36. The molecule has 0 radical (unpaired) electrons. The Kier molecular flexibility index (Phi) is 9.19. The van der Waals surface area contributed by atoms with Crippen LogP contribution >= 0.6 is 24.0 Å². The maximum Gasteiger partial charge on any atom is 0.231 e. The number of aryl methyl sites for hydroxylation is 1. The van der Waals surface area contributed by atoms with Crippen LogP contribution in [0.4, 0.5) is 0 Å². The number of fused-ring (bicyclic) bond motifs is 1. The minimum absolute atomic E-state index is 0. The zero-order chi connectivity index (χ0) is 18.9. The molecule has 0 atom stereocenters. The predicted octanol–water partition coefficient (Wildman–Crippen LogP) is 3.87. The number of guanidine groups is 1. The first kappa shape index (κ1) is 22.1. The lowest BCUT2D eigenvalue weighted by molar-refractivity contribution is 0.174. The van der Waals surface area contributed by atoms with Crippen molar-refractivity contribution in [3.63, 3.8) is 0 Å². The van der Waals surface area contributed by atoms with Crippen LogP contribution in [0.2, 0.25) is 0 Å². The molecule has 0 saturated carbocycles. The zero-order valence-corrected chi connectivity index (χ0v) is 18.7. The number of unbranched alkanes of at least 4 members (excludes halogenated alkanes) is 1. The quantitative estimate of drug-likeness (QED) is 0.251. The van der Waals surface area contributed by atoms with Gasteiger partial charge in [-0.2, -0.15) is 0 Å². The molecule has 3 rings (SSSR count). The van der Waals surface area contributed by atoms with Crippen molar-refractivity contribution in [1.82, 2.24) is 10.6 Å². The minimum Gasteiger partial charge on any atom is -0.494 e. The molecule has 1 aliphatic heterocycles. The van der Waals surface area contributed by atoms with E-state index in [-0.39, 0.29) is 24.0 Å². The van der Waals surface area contributed by atoms with Gasteiger partial charge in [-0.3, -0.25) is 4.99 Å². The highest BCUT2D eigenvalue weighted by atomic mass is 127. The van der Waals surface area contributed by atoms with Gasteiger partial charge in [0.15, 0.2) is 17.5 Å². The summed E-state index contributed by atoms with van der Waals surface area (Å²) in [7, 11) is 1.77. The number of nitrogens with zero attached hydrogens (tertiary/aromatic N) is 1. The lowest BCUT2D eigenvalue weighted by atomic mass is 10.2. The van der Waals surface area contributed by atoms with Crippen LogP contribution in [-0.4, -0.2) is 33.0 Å². The number of ether oxygens (including phenoxy) is 3. The molecule has 6 nitrogen and oxygen atoms in total. The Morgan fingerprint density at radius 1 is 1.04 bits per heavy atom. The van der Waals surface area contributed by atoms with Crippen molar-refractivity contribution in [1.29, 1.82) is 0 Å². The van der Waals surface area contributed by atoms with E-state index in [1.54, 1.807) is 7.05 Å². The molecule has 2 aromatic carbocycles. The van der Waals surface area contributed by atoms with E-state index >= 15 is 0 Å². The van der Waals surface area contributed by atoms with Gasteiger partial charge in [-0.15, -0.1) is 24.0 Å². The summed E-state index contributed by atoms with van der Waals surface area (Å²) < 4.78 is 16.5. The van der Waals surface area contributed by atoms with Gasteiger partial charge in [0.25, 0.3) is 0 Å². The Hall–Kier alpha value is -2.16. The third kappa shape index (κ3) is 6.78. The fourth-order valence-corrected chi connectivity index (χ4v) is 2.72. The highest BCUT2D eigenvalue weighted by Crippen LogP contribution is 2.32. The van der Waals surface area contributed by atoms with Crippen LogP contribution in [0.15, 0.2) is 47.5 Å². The van der Waals surface area contributed by atoms with Gasteiger partial charge in [-0.25, -0.2) is 0 Å². The fourth-order valence-electron chi connectivity index (χ4n) is 2.72. The first-order valence-corrected chi connectivity index (χ1v) is 9.27.